The number of amides is 1. The first-order valence-electron chi connectivity index (χ1n) is 6.78. The number of rotatable bonds is 7. The molecule has 0 radical (unpaired) electrons. The summed E-state index contributed by atoms with van der Waals surface area (Å²) in [5.41, 5.74) is 1.15. The molecule has 21 heavy (non-hydrogen) atoms. The molecule has 0 spiro atoms. The van der Waals surface area contributed by atoms with Crippen LogP contribution in [0.5, 0.6) is 0 Å². The predicted octanol–water partition coefficient (Wildman–Crippen LogP) is 1.42. The van der Waals surface area contributed by atoms with Crippen LogP contribution in [0.4, 0.5) is 0 Å². The normalized spacial score (nSPS) is 9.95. The van der Waals surface area contributed by atoms with Crippen LogP contribution < -0.4 is 10.6 Å². The largest absolute Gasteiger partial charge is 0.349 e. The average Bonchev–Trinajstić information content (AvgIpc) is 2.98. The van der Waals surface area contributed by atoms with Crippen LogP contribution in [0.25, 0.3) is 5.69 Å². The summed E-state index contributed by atoms with van der Waals surface area (Å²) < 4.78 is 0. The van der Waals surface area contributed by atoms with Crippen molar-refractivity contribution in [2.45, 2.75) is 13.3 Å². The molecule has 0 unspecified atom stereocenters. The summed E-state index contributed by atoms with van der Waals surface area (Å²) in [6.07, 6.45) is 2.56. The highest BCUT2D eigenvalue weighted by atomic mass is 35.5. The quantitative estimate of drug-likeness (QED) is 0.759. The summed E-state index contributed by atoms with van der Waals surface area (Å²) in [5, 5.41) is 14.3. The Balaban J connectivity index is 0.00000220. The van der Waals surface area contributed by atoms with E-state index in [1.54, 1.807) is 0 Å². The zero-order chi connectivity index (χ0) is 14.2. The van der Waals surface area contributed by atoms with Crippen LogP contribution in [-0.2, 0) is 0 Å². The third-order valence-corrected chi connectivity index (χ3v) is 2.73. The number of aromatic nitrogens is 3. The number of nitrogens with one attached hydrogen (secondary N) is 2. The summed E-state index contributed by atoms with van der Waals surface area (Å²) in [7, 11) is 0. The van der Waals surface area contributed by atoms with Crippen molar-refractivity contribution in [2.75, 3.05) is 19.6 Å². The van der Waals surface area contributed by atoms with Gasteiger partial charge in [0.05, 0.1) is 11.9 Å². The Kier molecular flexibility index (Phi) is 7.42. The summed E-state index contributed by atoms with van der Waals surface area (Å²) in [5.74, 6) is -0.203. The van der Waals surface area contributed by atoms with Gasteiger partial charge in [-0.05, 0) is 25.1 Å². The molecular weight excluding hydrogens is 290 g/mol. The Morgan fingerprint density at radius 3 is 2.67 bits per heavy atom. The van der Waals surface area contributed by atoms with Gasteiger partial charge in [-0.3, -0.25) is 4.79 Å². The smallest absolute Gasteiger partial charge is 0.273 e. The maximum Gasteiger partial charge on any atom is 0.273 e. The number of hydrogen-bond donors (Lipinski definition) is 2. The van der Waals surface area contributed by atoms with Crippen LogP contribution in [0.3, 0.4) is 0 Å². The van der Waals surface area contributed by atoms with Gasteiger partial charge in [-0.2, -0.15) is 9.90 Å². The number of halogens is 1. The molecule has 0 bridgehead atoms. The van der Waals surface area contributed by atoms with Crippen molar-refractivity contribution in [3.63, 3.8) is 0 Å². The van der Waals surface area contributed by atoms with Crippen molar-refractivity contribution >= 4 is 18.3 Å². The molecule has 0 aliphatic rings. The van der Waals surface area contributed by atoms with E-state index in [0.717, 1.165) is 25.2 Å². The molecule has 1 aromatic carbocycles. The maximum absolute atomic E-state index is 11.9. The van der Waals surface area contributed by atoms with Crippen molar-refractivity contribution in [2.24, 2.45) is 0 Å². The van der Waals surface area contributed by atoms with Crippen molar-refractivity contribution in [3.8, 4) is 5.69 Å². The van der Waals surface area contributed by atoms with E-state index in [0.29, 0.717) is 12.2 Å². The lowest BCUT2D eigenvalue weighted by Crippen LogP contribution is -2.32. The van der Waals surface area contributed by atoms with E-state index in [2.05, 4.69) is 27.8 Å². The number of benzene rings is 1. The molecule has 0 saturated carbocycles. The van der Waals surface area contributed by atoms with Crippen LogP contribution in [0, 0.1) is 0 Å². The third kappa shape index (κ3) is 5.17. The molecule has 2 rings (SSSR count). The minimum Gasteiger partial charge on any atom is -0.349 e. The van der Waals surface area contributed by atoms with Crippen LogP contribution in [-0.4, -0.2) is 40.5 Å². The second-order valence-corrected chi connectivity index (χ2v) is 4.36. The number of hydrogen-bond acceptors (Lipinski definition) is 4. The SMILES string of the molecule is CCCNCCNC(=O)c1cnn(-c2ccccc2)n1.Cl. The fourth-order valence-corrected chi connectivity index (χ4v) is 1.71. The topological polar surface area (TPSA) is 71.8 Å². The molecule has 114 valence electrons. The number of nitrogens with zero attached hydrogens (tertiary/aromatic N) is 3. The first kappa shape index (κ1) is 17.1. The van der Waals surface area contributed by atoms with E-state index in [9.17, 15) is 4.79 Å². The van der Waals surface area contributed by atoms with Gasteiger partial charge < -0.3 is 10.6 Å². The van der Waals surface area contributed by atoms with Gasteiger partial charge in [-0.25, -0.2) is 0 Å². The molecule has 0 aliphatic heterocycles. The molecule has 2 N–H and O–H groups in total. The first-order chi connectivity index (χ1) is 9.81. The van der Waals surface area contributed by atoms with E-state index in [4.69, 9.17) is 0 Å². The fourth-order valence-electron chi connectivity index (χ4n) is 1.71. The summed E-state index contributed by atoms with van der Waals surface area (Å²) in [6.45, 7) is 4.40. The minimum absolute atomic E-state index is 0. The fraction of sp³-hybridized carbons (Fsp3) is 0.357. The molecule has 7 heteroatoms. The van der Waals surface area contributed by atoms with Crippen molar-refractivity contribution in [3.05, 3.63) is 42.2 Å². The standard InChI is InChI=1S/C14H19N5O.ClH/c1-2-8-15-9-10-16-14(20)13-11-17-19(18-13)12-6-4-3-5-7-12;/h3-7,11,15H,2,8-10H2,1H3,(H,16,20);1H. The average molecular weight is 310 g/mol. The highest BCUT2D eigenvalue weighted by Crippen LogP contribution is 2.03. The molecule has 6 nitrogen and oxygen atoms in total. The molecular formula is C14H20ClN5O. The van der Waals surface area contributed by atoms with Crippen LogP contribution in [0.15, 0.2) is 36.5 Å². The van der Waals surface area contributed by atoms with Crippen LogP contribution in [0.1, 0.15) is 23.8 Å². The van der Waals surface area contributed by atoms with Gasteiger partial charge in [0.25, 0.3) is 5.91 Å². The van der Waals surface area contributed by atoms with Gasteiger partial charge in [0.15, 0.2) is 5.69 Å². The lowest BCUT2D eigenvalue weighted by molar-refractivity contribution is 0.0948. The van der Waals surface area contributed by atoms with E-state index in [1.165, 1.54) is 11.0 Å². The lowest BCUT2D eigenvalue weighted by atomic mass is 10.3. The molecule has 0 saturated heterocycles. The monoisotopic (exact) mass is 309 g/mol. The molecule has 0 aliphatic carbocycles. The van der Waals surface area contributed by atoms with E-state index < -0.39 is 0 Å². The zero-order valence-corrected chi connectivity index (χ0v) is 12.8. The van der Waals surface area contributed by atoms with E-state index in [-0.39, 0.29) is 18.3 Å². The highest BCUT2D eigenvalue weighted by Gasteiger charge is 2.10. The number of carbonyl (C=O) groups excluding carboxylic acids is 1. The summed E-state index contributed by atoms with van der Waals surface area (Å²) in [6, 6.07) is 9.49. The summed E-state index contributed by atoms with van der Waals surface area (Å²) >= 11 is 0. The van der Waals surface area contributed by atoms with E-state index >= 15 is 0 Å². The van der Waals surface area contributed by atoms with Gasteiger partial charge in [0.2, 0.25) is 0 Å². The van der Waals surface area contributed by atoms with Gasteiger partial charge >= 0.3 is 0 Å². The third-order valence-electron chi connectivity index (χ3n) is 2.73. The Hall–Kier alpha value is -1.92. The van der Waals surface area contributed by atoms with Gasteiger partial charge in [0.1, 0.15) is 0 Å². The molecule has 2 aromatic rings. The Labute approximate surface area is 130 Å². The highest BCUT2D eigenvalue weighted by molar-refractivity contribution is 5.91. The molecule has 1 amide bonds. The van der Waals surface area contributed by atoms with E-state index in [1.807, 2.05) is 30.3 Å². The second-order valence-electron chi connectivity index (χ2n) is 4.36. The molecule has 0 fully saturated rings. The molecule has 1 aromatic heterocycles. The van der Waals surface area contributed by atoms with Crippen molar-refractivity contribution in [1.29, 1.82) is 0 Å². The second kappa shape index (κ2) is 9.10. The zero-order valence-electron chi connectivity index (χ0n) is 12.0. The van der Waals surface area contributed by atoms with Crippen LogP contribution in [0.2, 0.25) is 0 Å². The van der Waals surface area contributed by atoms with Crippen LogP contribution >= 0.6 is 12.4 Å². The maximum atomic E-state index is 11.9. The Bertz CT molecular complexity index is 543. The lowest BCUT2D eigenvalue weighted by Gasteiger charge is -2.04. The van der Waals surface area contributed by atoms with Crippen molar-refractivity contribution in [1.82, 2.24) is 25.6 Å². The first-order valence-corrected chi connectivity index (χ1v) is 6.78. The number of carbonyl (C=O) groups is 1. The molecule has 1 heterocycles. The van der Waals surface area contributed by atoms with Crippen molar-refractivity contribution < 1.29 is 4.79 Å². The Morgan fingerprint density at radius 1 is 1.19 bits per heavy atom. The summed E-state index contributed by atoms with van der Waals surface area (Å²) in [4.78, 5) is 13.3. The van der Waals surface area contributed by atoms with Gasteiger partial charge in [-0.1, -0.05) is 25.1 Å². The van der Waals surface area contributed by atoms with Gasteiger partial charge in [-0.15, -0.1) is 17.5 Å². The van der Waals surface area contributed by atoms with Gasteiger partial charge in [0, 0.05) is 13.1 Å². The predicted molar refractivity (Wildman–Crippen MR) is 84.1 cm³/mol. The molecule has 0 atom stereocenters. The minimum atomic E-state index is -0.203. The number of para-hydroxylation sites is 1. The Morgan fingerprint density at radius 2 is 1.95 bits per heavy atom.